The zero-order chi connectivity index (χ0) is 41.4. The van der Waals surface area contributed by atoms with Gasteiger partial charge in [-0.05, 0) is 44.5 Å². The SMILES string of the molecule is C.C.CCOC(F)(F)c1nnc2cnc(-c3cnc(O[C@@H](C)C(F)(F)F)c(F)c3)cn12.C[C@H](Oc1ncc(-c2cn3c(C(F)(F)Cl)nnc3cn2)cc1F)C(F)(F)F. The topological polar surface area (TPSA) is 140 Å². The molecular weight excluding hydrogens is 836 g/mol. The molecule has 0 N–H and O–H groups in total. The van der Waals surface area contributed by atoms with Crippen LogP contribution in [0.3, 0.4) is 0 Å². The van der Waals surface area contributed by atoms with Crippen LogP contribution in [0.5, 0.6) is 11.8 Å². The van der Waals surface area contributed by atoms with Gasteiger partial charge in [-0.3, -0.25) is 18.8 Å². The van der Waals surface area contributed by atoms with E-state index in [1.54, 1.807) is 0 Å². The normalized spacial score (nSPS) is 13.2. The number of pyridine rings is 2. The molecule has 6 heterocycles. The second kappa shape index (κ2) is 17.5. The van der Waals surface area contributed by atoms with Gasteiger partial charge < -0.3 is 14.2 Å². The van der Waals surface area contributed by atoms with Gasteiger partial charge in [0.15, 0.2) is 35.1 Å². The van der Waals surface area contributed by atoms with Crippen LogP contribution in [0.25, 0.3) is 33.8 Å². The van der Waals surface area contributed by atoms with Crippen molar-refractivity contribution in [3.05, 3.63) is 72.6 Å². The highest BCUT2D eigenvalue weighted by molar-refractivity contribution is 6.21. The molecule has 0 amide bonds. The van der Waals surface area contributed by atoms with Crippen LogP contribution in [-0.4, -0.2) is 80.3 Å². The van der Waals surface area contributed by atoms with E-state index < -0.39 is 71.1 Å². The van der Waals surface area contributed by atoms with Gasteiger partial charge in [0, 0.05) is 35.9 Å². The lowest BCUT2D eigenvalue weighted by atomic mass is 10.2. The van der Waals surface area contributed by atoms with Crippen molar-refractivity contribution in [2.45, 2.75) is 71.7 Å². The fourth-order valence-electron chi connectivity index (χ4n) is 4.31. The zero-order valence-corrected chi connectivity index (χ0v) is 28.8. The van der Waals surface area contributed by atoms with Gasteiger partial charge in [0.1, 0.15) is 0 Å². The minimum Gasteiger partial charge on any atom is -0.463 e. The number of hydrogen-bond donors (Lipinski definition) is 0. The van der Waals surface area contributed by atoms with E-state index >= 15 is 0 Å². The summed E-state index contributed by atoms with van der Waals surface area (Å²) in [6.45, 7) is 2.50. The lowest BCUT2D eigenvalue weighted by molar-refractivity contribution is -0.251. The molecule has 0 spiro atoms. The van der Waals surface area contributed by atoms with E-state index in [0.29, 0.717) is 13.8 Å². The predicted octanol–water partition coefficient (Wildman–Crippen LogP) is 8.96. The maximum atomic E-state index is 14.2. The molecule has 0 radical (unpaired) electrons. The van der Waals surface area contributed by atoms with Crippen molar-refractivity contribution in [1.82, 2.24) is 49.1 Å². The van der Waals surface area contributed by atoms with Crippen molar-refractivity contribution in [2.75, 3.05) is 6.61 Å². The molecule has 0 saturated heterocycles. The van der Waals surface area contributed by atoms with E-state index in [0.717, 1.165) is 58.1 Å². The second-order valence-corrected chi connectivity index (χ2v) is 11.6. The van der Waals surface area contributed by atoms with Crippen molar-refractivity contribution in [2.24, 2.45) is 0 Å². The number of ether oxygens (including phenoxy) is 3. The van der Waals surface area contributed by atoms with E-state index in [2.05, 4.69) is 54.5 Å². The maximum Gasteiger partial charge on any atom is 0.425 e. The first-order chi connectivity index (χ1) is 26.0. The van der Waals surface area contributed by atoms with Crippen LogP contribution in [0.4, 0.5) is 52.7 Å². The van der Waals surface area contributed by atoms with E-state index in [9.17, 15) is 52.7 Å². The molecule has 13 nitrogen and oxygen atoms in total. The molecule has 26 heteroatoms. The first-order valence-electron chi connectivity index (χ1n) is 15.3. The fraction of sp³-hybridized carbons (Fsp3) is 0.375. The Morgan fingerprint density at radius 3 is 1.38 bits per heavy atom. The molecule has 0 aromatic carbocycles. The van der Waals surface area contributed by atoms with Gasteiger partial charge in [-0.15, -0.1) is 20.4 Å². The highest BCUT2D eigenvalue weighted by atomic mass is 35.5. The molecular formula is C32H29ClF12N10O3. The second-order valence-electron chi connectivity index (χ2n) is 11.1. The van der Waals surface area contributed by atoms with Crippen molar-refractivity contribution < 1.29 is 66.9 Å². The van der Waals surface area contributed by atoms with E-state index in [4.69, 9.17) is 11.6 Å². The van der Waals surface area contributed by atoms with Crippen LogP contribution in [-0.2, 0) is 16.2 Å². The Balaban J connectivity index is 0.000000301. The Bertz CT molecular complexity index is 2330. The van der Waals surface area contributed by atoms with Gasteiger partial charge in [0.2, 0.25) is 11.6 Å². The average Bonchev–Trinajstić information content (AvgIpc) is 3.74. The first-order valence-corrected chi connectivity index (χ1v) is 15.7. The summed E-state index contributed by atoms with van der Waals surface area (Å²) in [5.74, 6) is -5.77. The number of halogens is 13. The molecule has 6 aromatic rings. The molecule has 58 heavy (non-hydrogen) atoms. The Kier molecular flexibility index (Phi) is 14.1. The van der Waals surface area contributed by atoms with Gasteiger partial charge in [-0.1, -0.05) is 14.9 Å². The Labute approximate surface area is 324 Å². The highest BCUT2D eigenvalue weighted by Crippen LogP contribution is 2.33. The highest BCUT2D eigenvalue weighted by Gasteiger charge is 2.41. The molecule has 2 atom stereocenters. The summed E-state index contributed by atoms with van der Waals surface area (Å²) in [7, 11) is 0. The molecule has 316 valence electrons. The molecule has 0 aliphatic carbocycles. The van der Waals surface area contributed by atoms with Crippen molar-refractivity contribution in [3.63, 3.8) is 0 Å². The molecule has 0 aliphatic rings. The monoisotopic (exact) mass is 864 g/mol. The summed E-state index contributed by atoms with van der Waals surface area (Å²) < 4.78 is 173. The zero-order valence-electron chi connectivity index (χ0n) is 28.1. The number of nitrogens with zero attached hydrogens (tertiary/aromatic N) is 10. The molecule has 0 saturated carbocycles. The molecule has 6 aromatic heterocycles. The first kappa shape index (κ1) is 46.8. The summed E-state index contributed by atoms with van der Waals surface area (Å²) in [6.07, 6.45) is -11.3. The molecule has 0 fully saturated rings. The smallest absolute Gasteiger partial charge is 0.425 e. The number of aromatic nitrogens is 10. The van der Waals surface area contributed by atoms with Crippen molar-refractivity contribution >= 4 is 22.9 Å². The number of rotatable bonds is 10. The summed E-state index contributed by atoms with van der Waals surface area (Å²) in [5.41, 5.74) is -0.0781. The fourth-order valence-corrected chi connectivity index (χ4v) is 4.44. The van der Waals surface area contributed by atoms with Gasteiger partial charge >= 0.3 is 23.8 Å². The summed E-state index contributed by atoms with van der Waals surface area (Å²) in [4.78, 5) is 14.9. The lowest BCUT2D eigenvalue weighted by Gasteiger charge is -2.17. The van der Waals surface area contributed by atoms with Crippen LogP contribution in [0.1, 0.15) is 47.3 Å². The van der Waals surface area contributed by atoms with Crippen LogP contribution in [0.15, 0.2) is 49.3 Å². The van der Waals surface area contributed by atoms with E-state index in [1.165, 1.54) is 6.92 Å². The quantitative estimate of drug-likeness (QED) is 0.0963. The largest absolute Gasteiger partial charge is 0.463 e. The Hall–Kier alpha value is -5.59. The molecule has 6 rings (SSSR count). The minimum atomic E-state index is -4.70. The molecule has 0 unspecified atom stereocenters. The standard InChI is InChI=1S/C16H13F6N5O2.C14H8ClF6N5O.2CH4/c1-3-28-16(21,22)14-26-25-12-6-23-11(7-27(12)14)9-4-10(17)13(24-5-9)29-8(2)15(18,19)20;1-6(14(19,20)21)27-11-8(16)2-7(3-23-11)9-5-26-10(4-22-9)24-25-12(26)13(15,17)18;;/h4-8H,3H2,1-2H3;2-6H,1H3;2*1H4/t8-;6-;;/m00../s1. The van der Waals surface area contributed by atoms with E-state index in [1.807, 2.05) is 0 Å². The van der Waals surface area contributed by atoms with Crippen LogP contribution in [0, 0.1) is 11.6 Å². The third-order valence-electron chi connectivity index (χ3n) is 7.13. The van der Waals surface area contributed by atoms with Crippen LogP contribution >= 0.6 is 11.6 Å². The summed E-state index contributed by atoms with van der Waals surface area (Å²) >= 11 is 4.95. The van der Waals surface area contributed by atoms with Crippen LogP contribution in [0.2, 0.25) is 0 Å². The predicted molar refractivity (Wildman–Crippen MR) is 179 cm³/mol. The molecule has 0 aliphatic heterocycles. The maximum absolute atomic E-state index is 14.2. The Morgan fingerprint density at radius 1 is 0.621 bits per heavy atom. The Morgan fingerprint density at radius 2 is 1.02 bits per heavy atom. The van der Waals surface area contributed by atoms with E-state index in [-0.39, 0.29) is 55.3 Å². The summed E-state index contributed by atoms with van der Waals surface area (Å²) in [5, 5.41) is 9.88. The van der Waals surface area contributed by atoms with Crippen molar-refractivity contribution in [1.29, 1.82) is 0 Å². The minimum absolute atomic E-state index is 0. The van der Waals surface area contributed by atoms with Crippen LogP contribution < -0.4 is 9.47 Å². The lowest BCUT2D eigenvalue weighted by Crippen LogP contribution is -2.31. The number of fused-ring (bicyclic) bond motifs is 2. The number of alkyl halides is 11. The van der Waals surface area contributed by atoms with Crippen molar-refractivity contribution in [3.8, 4) is 34.3 Å². The van der Waals surface area contributed by atoms with Gasteiger partial charge in [0.25, 0.3) is 11.8 Å². The van der Waals surface area contributed by atoms with Gasteiger partial charge in [-0.25, -0.2) is 18.7 Å². The third-order valence-corrected chi connectivity index (χ3v) is 7.30. The summed E-state index contributed by atoms with van der Waals surface area (Å²) in [6, 6.07) is 1.63. The average molecular weight is 865 g/mol. The molecule has 0 bridgehead atoms. The van der Waals surface area contributed by atoms with Gasteiger partial charge in [0.05, 0.1) is 30.4 Å². The number of hydrogen-bond acceptors (Lipinski definition) is 11. The third kappa shape index (κ3) is 10.5. The van der Waals surface area contributed by atoms with Gasteiger partial charge in [-0.2, -0.15) is 43.9 Å².